The Balaban J connectivity index is 1.36. The minimum Gasteiger partial charge on any atom is -0.455 e. The molecule has 1 heterocycles. The highest BCUT2D eigenvalue weighted by Crippen LogP contribution is 2.70. The molecule has 1 aromatic carbocycles. The minimum absolute atomic E-state index is 0.0356. The summed E-state index contributed by atoms with van der Waals surface area (Å²) in [6.07, 6.45) is 0.823. The number of esters is 2. The van der Waals surface area contributed by atoms with Crippen LogP contribution < -0.4 is 5.23 Å². The Morgan fingerprint density at radius 2 is 1.77 bits per heavy atom. The third kappa shape index (κ3) is 6.64. The smallest absolute Gasteiger partial charge is 0.350 e. The van der Waals surface area contributed by atoms with Crippen molar-refractivity contribution in [3.63, 3.8) is 0 Å². The van der Waals surface area contributed by atoms with Crippen molar-refractivity contribution >= 4 is 31.3 Å². The third-order valence-corrected chi connectivity index (χ3v) is 14.6. The molecule has 5 aliphatic rings. The number of carbonyl (C=O) groups excluding carboxylic acids is 4. The molecular weight excluding hydrogens is 675 g/mol. The van der Waals surface area contributed by atoms with Gasteiger partial charge in [0.2, 0.25) is 6.10 Å². The van der Waals surface area contributed by atoms with Crippen molar-refractivity contribution in [1.29, 1.82) is 0 Å². The predicted molar refractivity (Wildman–Crippen MR) is 199 cm³/mol. The third-order valence-electron chi connectivity index (χ3n) is 14.6. The first-order valence-corrected chi connectivity index (χ1v) is 19.6. The van der Waals surface area contributed by atoms with Crippen molar-refractivity contribution in [3.8, 4) is 0 Å². The molecule has 2 bridgehead atoms. The number of piperidine rings is 1. The molecule has 6 rings (SSSR count). The summed E-state index contributed by atoms with van der Waals surface area (Å²) in [6, 6.07) is 7.87. The molecule has 289 valence electrons. The molecule has 0 unspecified atom stereocenters. The fraction of sp³-hybridized carbons (Fsp3) is 0.707. The van der Waals surface area contributed by atoms with Crippen molar-refractivity contribution in [2.45, 2.75) is 129 Å². The van der Waals surface area contributed by atoms with Crippen LogP contribution in [-0.4, -0.2) is 101 Å². The average Bonchev–Trinajstić information content (AvgIpc) is 3.13. The van der Waals surface area contributed by atoms with Gasteiger partial charge in [0.05, 0.1) is 35.8 Å². The Hall–Kier alpha value is -2.90. The number of carbonyl (C=O) groups is 4. The topological polar surface area (TPSA) is 163 Å². The number of nitrogens with zero attached hydrogens (tertiary/aromatic N) is 1. The molecule has 1 aromatic rings. The molecule has 1 aliphatic heterocycles. The fourth-order valence-electron chi connectivity index (χ4n) is 11.4. The van der Waals surface area contributed by atoms with E-state index < -0.39 is 76.4 Å². The first kappa shape index (κ1) is 39.8. The summed E-state index contributed by atoms with van der Waals surface area (Å²) in [5.74, 6) is -2.79. The molecule has 11 nitrogen and oxygen atoms in total. The van der Waals surface area contributed by atoms with Crippen LogP contribution in [0.1, 0.15) is 105 Å². The number of hydrogen-bond donors (Lipinski definition) is 4. The molecule has 53 heavy (non-hydrogen) atoms. The summed E-state index contributed by atoms with van der Waals surface area (Å²) < 4.78 is 12.2. The van der Waals surface area contributed by atoms with Crippen molar-refractivity contribution in [1.82, 2.24) is 10.1 Å². The maximum atomic E-state index is 14.6. The molecule has 4 aliphatic carbocycles. The number of benzene rings is 1. The summed E-state index contributed by atoms with van der Waals surface area (Å²) >= 11 is 0. The van der Waals surface area contributed by atoms with Gasteiger partial charge in [0, 0.05) is 18.4 Å². The summed E-state index contributed by atoms with van der Waals surface area (Å²) in [6.45, 7) is 13.5. The highest BCUT2D eigenvalue weighted by Gasteiger charge is 2.72. The lowest BCUT2D eigenvalue weighted by atomic mass is 9.36. The number of ether oxygens (including phenoxy) is 2. The Kier molecular flexibility index (Phi) is 11.2. The second-order valence-corrected chi connectivity index (χ2v) is 17.5. The Morgan fingerprint density at radius 3 is 2.40 bits per heavy atom. The number of likely N-dealkylation sites (tertiary alicyclic amines) is 1. The van der Waals surface area contributed by atoms with E-state index in [1.54, 1.807) is 38.1 Å². The minimum atomic E-state index is -1.66. The molecule has 0 aromatic heterocycles. The summed E-state index contributed by atoms with van der Waals surface area (Å²) in [7, 11) is 1.14. The molecule has 4 fully saturated rings. The number of aliphatic hydroxyl groups excluding tert-OH is 2. The van der Waals surface area contributed by atoms with Crippen molar-refractivity contribution in [2.75, 3.05) is 19.6 Å². The molecule has 4 N–H and O–H groups in total. The monoisotopic (exact) mass is 733 g/mol. The highest BCUT2D eigenvalue weighted by molar-refractivity contribution is 6.64. The maximum absolute atomic E-state index is 14.6. The summed E-state index contributed by atoms with van der Waals surface area (Å²) in [5, 5.41) is 39.7. The standard InChI is InChI=1S/C41H58BN2O9/c1-24-28(22-41(51)25(2)35-39(5)17-15-27(39)21-29(46)40(35,6)36(49)33(48)31(24)38(41,3)4)52-37(50)34(32(43-42-23-45)26-13-9-7-10-14-26)53-30(47)16-20-44-18-11-8-12-19-44/h7,9-10,13-14,23,25,27-29,32-35,43,46,48,51H,8,11-12,15-22H2,1-6H3/t25-,27+,28-,29-,32-,33+,34+,35+,39+,40+,41+/m0/s1. The molecule has 0 amide bonds. The predicted octanol–water partition coefficient (Wildman–Crippen LogP) is 3.69. The van der Waals surface area contributed by atoms with Crippen LogP contribution in [0.15, 0.2) is 41.5 Å². The molecule has 1 radical (unpaired) electrons. The van der Waals surface area contributed by atoms with E-state index in [-0.39, 0.29) is 29.7 Å². The van der Waals surface area contributed by atoms with Crippen LogP contribution >= 0.6 is 0 Å². The zero-order chi connectivity index (χ0) is 38.5. The number of ketones is 1. The Labute approximate surface area is 314 Å². The molecular formula is C41H58BN2O9. The maximum Gasteiger partial charge on any atom is 0.350 e. The molecule has 11 atom stereocenters. The Bertz CT molecular complexity index is 1600. The number of rotatable bonds is 11. The number of aliphatic hydroxyl groups is 3. The SMILES string of the molecule is CC1=C2[C@@H](O)C(=O)[C@@]3(C)[C@H]([C@H](C)[C@](O)(C[C@@H]1OC(=O)[C@H](OC(=O)CCN1CCCCC1)[C@@H](N[B]C=O)c1ccccc1)C2(C)C)[C@]1(C)CC[C@@H]1C[C@@H]3O. The lowest BCUT2D eigenvalue weighted by Gasteiger charge is -2.69. The van der Waals surface area contributed by atoms with Gasteiger partial charge in [-0.2, -0.15) is 0 Å². The van der Waals surface area contributed by atoms with Gasteiger partial charge in [-0.15, -0.1) is 0 Å². The zero-order valence-electron chi connectivity index (χ0n) is 32.2. The van der Waals surface area contributed by atoms with Gasteiger partial charge in [-0.3, -0.25) is 9.59 Å². The van der Waals surface area contributed by atoms with Gasteiger partial charge >= 0.3 is 11.9 Å². The van der Waals surface area contributed by atoms with Crippen LogP contribution in [0.25, 0.3) is 0 Å². The molecule has 12 heteroatoms. The van der Waals surface area contributed by atoms with E-state index in [1.807, 2.05) is 26.8 Å². The summed E-state index contributed by atoms with van der Waals surface area (Å²) in [5.41, 5.74) is -3.05. The van der Waals surface area contributed by atoms with Gasteiger partial charge in [-0.1, -0.05) is 64.4 Å². The van der Waals surface area contributed by atoms with Gasteiger partial charge in [-0.05, 0) is 98.9 Å². The van der Waals surface area contributed by atoms with Crippen molar-refractivity contribution < 1.29 is 44.0 Å². The van der Waals surface area contributed by atoms with Gasteiger partial charge in [0.25, 0.3) is 7.41 Å². The van der Waals surface area contributed by atoms with E-state index in [1.165, 1.54) is 0 Å². The quantitative estimate of drug-likeness (QED) is 0.114. The highest BCUT2D eigenvalue weighted by atomic mass is 16.6. The molecule has 3 saturated carbocycles. The van der Waals surface area contributed by atoms with E-state index in [9.17, 15) is 34.5 Å². The fourth-order valence-corrected chi connectivity index (χ4v) is 11.4. The average molecular weight is 734 g/mol. The van der Waals surface area contributed by atoms with Crippen LogP contribution in [0.2, 0.25) is 0 Å². The lowest BCUT2D eigenvalue weighted by Crippen LogP contribution is -2.72. The van der Waals surface area contributed by atoms with Crippen LogP contribution in [0.3, 0.4) is 0 Å². The normalized spacial score (nSPS) is 37.8. The van der Waals surface area contributed by atoms with E-state index in [0.717, 1.165) is 52.6 Å². The van der Waals surface area contributed by atoms with E-state index >= 15 is 0 Å². The van der Waals surface area contributed by atoms with Crippen molar-refractivity contribution in [2.24, 2.45) is 34.0 Å². The second kappa shape index (κ2) is 15.0. The van der Waals surface area contributed by atoms with Gasteiger partial charge in [-0.25, -0.2) is 4.79 Å². The van der Waals surface area contributed by atoms with Crippen LogP contribution in [0, 0.1) is 34.0 Å². The van der Waals surface area contributed by atoms with Crippen LogP contribution in [0.4, 0.5) is 0 Å². The Morgan fingerprint density at radius 1 is 1.09 bits per heavy atom. The van der Waals surface area contributed by atoms with E-state index in [2.05, 4.69) is 17.1 Å². The zero-order valence-corrected chi connectivity index (χ0v) is 32.2. The largest absolute Gasteiger partial charge is 0.455 e. The van der Waals surface area contributed by atoms with Crippen molar-refractivity contribution in [3.05, 3.63) is 47.0 Å². The van der Waals surface area contributed by atoms with Gasteiger partial charge < -0.3 is 39.7 Å². The molecule has 1 saturated heterocycles. The first-order chi connectivity index (χ1) is 25.0. The van der Waals surface area contributed by atoms with E-state index in [4.69, 9.17) is 9.47 Å². The summed E-state index contributed by atoms with van der Waals surface area (Å²) in [4.78, 5) is 56.3. The number of Topliss-reactive ketones (excluding diaryl/α,β-unsaturated/α-hetero) is 1. The molecule has 0 spiro atoms. The second-order valence-electron chi connectivity index (χ2n) is 17.5. The number of hydrogen-bond acceptors (Lipinski definition) is 11. The lowest BCUT2D eigenvalue weighted by molar-refractivity contribution is -0.246. The van der Waals surface area contributed by atoms with Gasteiger partial charge in [0.15, 0.2) is 5.78 Å². The first-order valence-electron chi connectivity index (χ1n) is 19.6. The van der Waals surface area contributed by atoms with Crippen LogP contribution in [-0.2, 0) is 28.7 Å². The van der Waals surface area contributed by atoms with E-state index in [0.29, 0.717) is 30.3 Å². The number of fused-ring (bicyclic) bond motifs is 5. The van der Waals surface area contributed by atoms with Crippen LogP contribution in [0.5, 0.6) is 0 Å². The number of nitrogens with one attached hydrogen (secondary N) is 1. The van der Waals surface area contributed by atoms with Gasteiger partial charge in [0.1, 0.15) is 12.2 Å².